The van der Waals surface area contributed by atoms with Gasteiger partial charge in [-0.15, -0.1) is 0 Å². The van der Waals surface area contributed by atoms with Gasteiger partial charge in [0.1, 0.15) is 0 Å². The second-order valence-corrected chi connectivity index (χ2v) is 6.40. The van der Waals surface area contributed by atoms with Crippen LogP contribution in [0.3, 0.4) is 0 Å². The van der Waals surface area contributed by atoms with Gasteiger partial charge in [0.05, 0.1) is 11.2 Å². The van der Waals surface area contributed by atoms with Crippen LogP contribution in [0.25, 0.3) is 0 Å². The molecule has 0 spiro atoms. The minimum atomic E-state index is -3.31. The summed E-state index contributed by atoms with van der Waals surface area (Å²) >= 11 is 0. The number of hydrogen-bond donors (Lipinski definition) is 2. The normalized spacial score (nSPS) is 11.2. The van der Waals surface area contributed by atoms with Crippen molar-refractivity contribution in [1.29, 1.82) is 0 Å². The van der Waals surface area contributed by atoms with Crippen molar-refractivity contribution < 1.29 is 13.2 Å². The molecule has 6 nitrogen and oxygen atoms in total. The molecule has 0 aliphatic heterocycles. The van der Waals surface area contributed by atoms with E-state index >= 15 is 0 Å². The number of rotatable bonds is 5. The zero-order valence-electron chi connectivity index (χ0n) is 11.0. The molecule has 2 aromatic rings. The first-order valence-electron chi connectivity index (χ1n) is 6.02. The molecule has 7 heteroatoms. The van der Waals surface area contributed by atoms with Gasteiger partial charge >= 0.3 is 0 Å². The Hall–Kier alpha value is -2.15. The molecule has 0 saturated heterocycles. The molecule has 0 bridgehead atoms. The lowest BCUT2D eigenvalue weighted by Gasteiger charge is -2.05. The number of aromatic nitrogens is 2. The van der Waals surface area contributed by atoms with Crippen LogP contribution in [0.2, 0.25) is 0 Å². The van der Waals surface area contributed by atoms with Gasteiger partial charge < -0.3 is 10.3 Å². The largest absolute Gasteiger partial charge is 0.352 e. The Labute approximate surface area is 117 Å². The van der Waals surface area contributed by atoms with Crippen LogP contribution in [0, 0.1) is 0 Å². The van der Waals surface area contributed by atoms with Crippen LogP contribution >= 0.6 is 0 Å². The molecule has 0 aliphatic carbocycles. The number of carbonyl (C=O) groups is 1. The summed E-state index contributed by atoms with van der Waals surface area (Å²) in [7, 11) is -3.31. The van der Waals surface area contributed by atoms with Gasteiger partial charge in [-0.2, -0.15) is 0 Å². The van der Waals surface area contributed by atoms with E-state index in [1.165, 1.54) is 12.1 Å². The summed E-state index contributed by atoms with van der Waals surface area (Å²) in [6.45, 7) is 0.449. The monoisotopic (exact) mass is 293 g/mol. The van der Waals surface area contributed by atoms with E-state index in [1.807, 2.05) is 0 Å². The number of benzene rings is 1. The molecule has 106 valence electrons. The standard InChI is InChI=1S/C13H15N3O3S/c1-20(18,19)12-4-2-3-10(7-12)13(17)15-6-5-11-8-14-9-16-11/h2-4,7-9H,5-6H2,1H3,(H,14,16)(H,15,17). The number of nitrogens with zero attached hydrogens (tertiary/aromatic N) is 1. The maximum absolute atomic E-state index is 11.9. The van der Waals surface area contributed by atoms with Crippen molar-refractivity contribution in [1.82, 2.24) is 15.3 Å². The summed E-state index contributed by atoms with van der Waals surface area (Å²) in [5.74, 6) is -0.296. The van der Waals surface area contributed by atoms with Crippen LogP contribution in [0.4, 0.5) is 0 Å². The van der Waals surface area contributed by atoms with Crippen LogP contribution in [-0.2, 0) is 16.3 Å². The first-order valence-corrected chi connectivity index (χ1v) is 7.91. The smallest absolute Gasteiger partial charge is 0.251 e. The zero-order chi connectivity index (χ0) is 14.6. The summed E-state index contributed by atoms with van der Waals surface area (Å²) < 4.78 is 22.9. The van der Waals surface area contributed by atoms with Crippen molar-refractivity contribution >= 4 is 15.7 Å². The molecular weight excluding hydrogens is 278 g/mol. The number of imidazole rings is 1. The number of amides is 1. The Morgan fingerprint density at radius 2 is 2.20 bits per heavy atom. The molecule has 1 amide bonds. The van der Waals surface area contributed by atoms with Crippen LogP contribution in [-0.4, -0.2) is 37.1 Å². The molecule has 0 fully saturated rings. The maximum atomic E-state index is 11.9. The Kier molecular flexibility index (Phi) is 4.19. The van der Waals surface area contributed by atoms with Crippen molar-refractivity contribution in [2.45, 2.75) is 11.3 Å². The van der Waals surface area contributed by atoms with Crippen molar-refractivity contribution in [2.24, 2.45) is 0 Å². The van der Waals surface area contributed by atoms with Crippen LogP contribution < -0.4 is 5.32 Å². The van der Waals surface area contributed by atoms with Crippen molar-refractivity contribution in [2.75, 3.05) is 12.8 Å². The summed E-state index contributed by atoms with van der Waals surface area (Å²) in [4.78, 5) is 18.9. The molecule has 0 atom stereocenters. The van der Waals surface area contributed by atoms with E-state index in [0.717, 1.165) is 11.9 Å². The van der Waals surface area contributed by atoms with Gasteiger partial charge in [0.25, 0.3) is 5.91 Å². The van der Waals surface area contributed by atoms with Crippen molar-refractivity contribution in [3.8, 4) is 0 Å². The van der Waals surface area contributed by atoms with Gasteiger partial charge in [-0.3, -0.25) is 4.79 Å². The molecule has 1 aromatic carbocycles. The fraction of sp³-hybridized carbons (Fsp3) is 0.231. The quantitative estimate of drug-likeness (QED) is 0.852. The minimum Gasteiger partial charge on any atom is -0.352 e. The average Bonchev–Trinajstić information content (AvgIpc) is 2.91. The predicted octanol–water partition coefficient (Wildman–Crippen LogP) is 0.786. The Balaban J connectivity index is 1.99. The lowest BCUT2D eigenvalue weighted by Crippen LogP contribution is -2.25. The molecule has 1 heterocycles. The predicted molar refractivity (Wildman–Crippen MR) is 74.2 cm³/mol. The third-order valence-corrected chi connectivity index (χ3v) is 3.87. The molecule has 2 N–H and O–H groups in total. The van der Waals surface area contributed by atoms with E-state index in [1.54, 1.807) is 24.7 Å². The summed E-state index contributed by atoms with van der Waals surface area (Å²) in [6, 6.07) is 5.98. The van der Waals surface area contributed by atoms with E-state index in [4.69, 9.17) is 0 Å². The van der Waals surface area contributed by atoms with Gasteiger partial charge in [0, 0.05) is 36.7 Å². The summed E-state index contributed by atoms with van der Waals surface area (Å²) in [5.41, 5.74) is 1.26. The fourth-order valence-corrected chi connectivity index (χ4v) is 2.37. The Morgan fingerprint density at radius 1 is 1.40 bits per heavy atom. The highest BCUT2D eigenvalue weighted by atomic mass is 32.2. The molecule has 1 aromatic heterocycles. The van der Waals surface area contributed by atoms with Crippen LogP contribution in [0.5, 0.6) is 0 Å². The highest BCUT2D eigenvalue weighted by Gasteiger charge is 2.11. The number of carbonyl (C=O) groups excluding carboxylic acids is 1. The Bertz CT molecular complexity index is 693. The minimum absolute atomic E-state index is 0.138. The second-order valence-electron chi connectivity index (χ2n) is 4.38. The molecule has 0 aliphatic rings. The molecule has 2 rings (SSSR count). The zero-order valence-corrected chi connectivity index (χ0v) is 11.8. The molecule has 20 heavy (non-hydrogen) atoms. The van der Waals surface area contributed by atoms with Gasteiger partial charge in [0.15, 0.2) is 9.84 Å². The van der Waals surface area contributed by atoms with Gasteiger partial charge in [-0.1, -0.05) is 6.07 Å². The molecular formula is C13H15N3O3S. The van der Waals surface area contributed by atoms with Gasteiger partial charge in [-0.25, -0.2) is 13.4 Å². The van der Waals surface area contributed by atoms with E-state index < -0.39 is 9.84 Å². The lowest BCUT2D eigenvalue weighted by atomic mass is 10.2. The Morgan fingerprint density at radius 3 is 2.85 bits per heavy atom. The SMILES string of the molecule is CS(=O)(=O)c1cccc(C(=O)NCCc2cnc[nH]2)c1. The summed E-state index contributed by atoms with van der Waals surface area (Å²) in [5, 5.41) is 2.73. The molecule has 0 saturated carbocycles. The third-order valence-electron chi connectivity index (χ3n) is 2.76. The van der Waals surface area contributed by atoms with Crippen LogP contribution in [0.1, 0.15) is 16.1 Å². The number of nitrogens with one attached hydrogen (secondary N) is 2. The summed E-state index contributed by atoms with van der Waals surface area (Å²) in [6.07, 6.45) is 5.02. The van der Waals surface area contributed by atoms with E-state index in [0.29, 0.717) is 18.5 Å². The number of sulfone groups is 1. The van der Waals surface area contributed by atoms with E-state index in [2.05, 4.69) is 15.3 Å². The fourth-order valence-electron chi connectivity index (χ4n) is 1.70. The number of aromatic amines is 1. The number of H-pyrrole nitrogens is 1. The van der Waals surface area contributed by atoms with E-state index in [-0.39, 0.29) is 10.8 Å². The molecule has 0 radical (unpaired) electrons. The number of hydrogen-bond acceptors (Lipinski definition) is 4. The first kappa shape index (κ1) is 14.3. The maximum Gasteiger partial charge on any atom is 0.251 e. The third kappa shape index (κ3) is 3.67. The average molecular weight is 293 g/mol. The lowest BCUT2D eigenvalue weighted by molar-refractivity contribution is 0.0954. The molecule has 0 unspecified atom stereocenters. The van der Waals surface area contributed by atoms with Gasteiger partial charge in [-0.05, 0) is 18.2 Å². The first-order chi connectivity index (χ1) is 9.47. The van der Waals surface area contributed by atoms with Crippen LogP contribution in [0.15, 0.2) is 41.7 Å². The van der Waals surface area contributed by atoms with Crippen molar-refractivity contribution in [3.05, 3.63) is 48.0 Å². The van der Waals surface area contributed by atoms with Gasteiger partial charge in [0.2, 0.25) is 0 Å². The van der Waals surface area contributed by atoms with Crippen molar-refractivity contribution in [3.63, 3.8) is 0 Å². The highest BCUT2D eigenvalue weighted by Crippen LogP contribution is 2.11. The highest BCUT2D eigenvalue weighted by molar-refractivity contribution is 7.90. The van der Waals surface area contributed by atoms with E-state index in [9.17, 15) is 13.2 Å². The second kappa shape index (κ2) is 5.87. The topological polar surface area (TPSA) is 91.9 Å².